The van der Waals surface area contributed by atoms with E-state index in [0.29, 0.717) is 19.8 Å². The van der Waals surface area contributed by atoms with Gasteiger partial charge in [0.15, 0.2) is 0 Å². The van der Waals surface area contributed by atoms with Crippen LogP contribution in [0.4, 0.5) is 10.1 Å². The number of carboxylic acids is 1. The molecule has 24 heavy (non-hydrogen) atoms. The first-order valence-corrected chi connectivity index (χ1v) is 7.66. The standard InChI is InChI=1S/C16H19FN2O4.ClH/c17-13-7-11(9-18-3-5-23-6-4-18)1-2-14(13)19-10-12(16(21)22)8-15(19)20;/h1-2,7,12H,3-6,8-10H2,(H,21,22);1H. The van der Waals surface area contributed by atoms with Crippen molar-refractivity contribution in [3.05, 3.63) is 29.6 Å². The number of aliphatic carboxylic acids is 1. The summed E-state index contributed by atoms with van der Waals surface area (Å²) >= 11 is 0. The third-order valence-corrected chi connectivity index (χ3v) is 4.29. The number of amides is 1. The second kappa shape index (κ2) is 7.92. The topological polar surface area (TPSA) is 70.1 Å². The lowest BCUT2D eigenvalue weighted by molar-refractivity contribution is -0.141. The molecule has 2 aliphatic rings. The van der Waals surface area contributed by atoms with Crippen LogP contribution >= 0.6 is 12.4 Å². The first-order chi connectivity index (χ1) is 11.0. The minimum Gasteiger partial charge on any atom is -0.481 e. The molecule has 8 heteroatoms. The maximum absolute atomic E-state index is 14.4. The van der Waals surface area contributed by atoms with E-state index in [9.17, 15) is 14.0 Å². The first-order valence-electron chi connectivity index (χ1n) is 7.66. The molecule has 0 aliphatic carbocycles. The minimum atomic E-state index is -1.02. The van der Waals surface area contributed by atoms with E-state index in [2.05, 4.69) is 4.90 Å². The summed E-state index contributed by atoms with van der Waals surface area (Å²) in [5, 5.41) is 9.00. The molecule has 0 aromatic heterocycles. The Morgan fingerprint density at radius 1 is 1.33 bits per heavy atom. The molecule has 1 N–H and O–H groups in total. The van der Waals surface area contributed by atoms with Gasteiger partial charge in [0.2, 0.25) is 5.91 Å². The number of carboxylic acid groups (broad SMARTS) is 1. The molecule has 1 aromatic rings. The number of morpholine rings is 1. The first kappa shape index (κ1) is 18.6. The number of nitrogens with zero attached hydrogens (tertiary/aromatic N) is 2. The number of rotatable bonds is 4. The van der Waals surface area contributed by atoms with Gasteiger partial charge in [-0.3, -0.25) is 14.5 Å². The SMILES string of the molecule is Cl.O=C(O)C1CC(=O)N(c2ccc(CN3CCOCC3)cc2F)C1. The van der Waals surface area contributed by atoms with Crippen molar-refractivity contribution in [2.75, 3.05) is 37.7 Å². The summed E-state index contributed by atoms with van der Waals surface area (Å²) in [4.78, 5) is 26.3. The van der Waals surface area contributed by atoms with Crippen LogP contribution in [0.25, 0.3) is 0 Å². The van der Waals surface area contributed by atoms with Gasteiger partial charge in [-0.05, 0) is 17.7 Å². The molecule has 1 amide bonds. The van der Waals surface area contributed by atoms with Gasteiger partial charge in [-0.15, -0.1) is 12.4 Å². The predicted molar refractivity (Wildman–Crippen MR) is 87.8 cm³/mol. The van der Waals surface area contributed by atoms with Crippen LogP contribution in [-0.4, -0.2) is 54.7 Å². The highest BCUT2D eigenvalue weighted by Gasteiger charge is 2.36. The average molecular weight is 359 g/mol. The molecule has 0 spiro atoms. The predicted octanol–water partition coefficient (Wildman–Crippen LogP) is 1.52. The fraction of sp³-hybridized carbons (Fsp3) is 0.500. The number of anilines is 1. The lowest BCUT2D eigenvalue weighted by Gasteiger charge is -2.27. The number of halogens is 2. The van der Waals surface area contributed by atoms with E-state index in [1.165, 1.54) is 11.0 Å². The molecule has 3 rings (SSSR count). The highest BCUT2D eigenvalue weighted by molar-refractivity contribution is 5.99. The Bertz CT molecular complexity index is 622. The van der Waals surface area contributed by atoms with Crippen molar-refractivity contribution in [2.24, 2.45) is 5.92 Å². The molecular weight excluding hydrogens is 339 g/mol. The van der Waals surface area contributed by atoms with E-state index in [1.807, 2.05) is 0 Å². The van der Waals surface area contributed by atoms with E-state index in [1.54, 1.807) is 12.1 Å². The molecule has 2 heterocycles. The van der Waals surface area contributed by atoms with E-state index in [4.69, 9.17) is 9.84 Å². The van der Waals surface area contributed by atoms with Crippen LogP contribution in [0.5, 0.6) is 0 Å². The minimum absolute atomic E-state index is 0. The Balaban J connectivity index is 0.00000208. The zero-order chi connectivity index (χ0) is 16.4. The third kappa shape index (κ3) is 4.03. The molecule has 1 unspecified atom stereocenters. The van der Waals surface area contributed by atoms with Crippen LogP contribution in [-0.2, 0) is 20.9 Å². The average Bonchev–Trinajstić information content (AvgIpc) is 2.91. The fourth-order valence-corrected chi connectivity index (χ4v) is 2.99. The van der Waals surface area contributed by atoms with E-state index in [-0.39, 0.29) is 37.0 Å². The van der Waals surface area contributed by atoms with Crippen molar-refractivity contribution in [3.63, 3.8) is 0 Å². The van der Waals surface area contributed by atoms with Crippen molar-refractivity contribution < 1.29 is 23.8 Å². The number of hydrogen-bond acceptors (Lipinski definition) is 4. The molecule has 2 saturated heterocycles. The highest BCUT2D eigenvalue weighted by Crippen LogP contribution is 2.28. The van der Waals surface area contributed by atoms with Crippen LogP contribution in [0.2, 0.25) is 0 Å². The summed E-state index contributed by atoms with van der Waals surface area (Å²) in [6, 6.07) is 4.77. The van der Waals surface area contributed by atoms with Crippen molar-refractivity contribution in [1.29, 1.82) is 0 Å². The lowest BCUT2D eigenvalue weighted by atomic mass is 10.1. The Labute approximate surface area is 145 Å². The molecular formula is C16H20ClFN2O4. The van der Waals surface area contributed by atoms with Crippen LogP contribution in [0.3, 0.4) is 0 Å². The molecule has 1 atom stereocenters. The lowest BCUT2D eigenvalue weighted by Crippen LogP contribution is -2.35. The molecule has 2 fully saturated rings. The zero-order valence-electron chi connectivity index (χ0n) is 13.1. The van der Waals surface area contributed by atoms with Gasteiger partial charge in [0.25, 0.3) is 0 Å². The van der Waals surface area contributed by atoms with Crippen LogP contribution < -0.4 is 4.90 Å². The van der Waals surface area contributed by atoms with Crippen LogP contribution in [0.1, 0.15) is 12.0 Å². The maximum atomic E-state index is 14.4. The van der Waals surface area contributed by atoms with Gasteiger partial charge >= 0.3 is 5.97 Å². The third-order valence-electron chi connectivity index (χ3n) is 4.29. The summed E-state index contributed by atoms with van der Waals surface area (Å²) in [6.45, 7) is 3.64. The molecule has 0 bridgehead atoms. The quantitative estimate of drug-likeness (QED) is 0.883. The monoisotopic (exact) mass is 358 g/mol. The van der Waals surface area contributed by atoms with Gasteiger partial charge in [0.1, 0.15) is 5.82 Å². The molecule has 132 valence electrons. The zero-order valence-corrected chi connectivity index (χ0v) is 13.9. The molecule has 1 aromatic carbocycles. The largest absolute Gasteiger partial charge is 0.481 e. The van der Waals surface area contributed by atoms with Gasteiger partial charge in [-0.2, -0.15) is 0 Å². The molecule has 0 radical (unpaired) electrons. The smallest absolute Gasteiger partial charge is 0.308 e. The van der Waals surface area contributed by atoms with Crippen molar-refractivity contribution >= 4 is 30.0 Å². The van der Waals surface area contributed by atoms with Gasteiger partial charge in [-0.1, -0.05) is 6.07 Å². The van der Waals surface area contributed by atoms with E-state index < -0.39 is 17.7 Å². The van der Waals surface area contributed by atoms with Crippen molar-refractivity contribution in [3.8, 4) is 0 Å². The van der Waals surface area contributed by atoms with E-state index in [0.717, 1.165) is 18.7 Å². The Morgan fingerprint density at radius 3 is 2.62 bits per heavy atom. The van der Waals surface area contributed by atoms with Crippen molar-refractivity contribution in [2.45, 2.75) is 13.0 Å². The van der Waals surface area contributed by atoms with Gasteiger partial charge < -0.3 is 14.7 Å². The normalized spacial score (nSPS) is 21.6. The fourth-order valence-electron chi connectivity index (χ4n) is 2.99. The summed E-state index contributed by atoms with van der Waals surface area (Å²) in [6.07, 6.45) is -0.0791. The van der Waals surface area contributed by atoms with Crippen LogP contribution in [0.15, 0.2) is 18.2 Å². The highest BCUT2D eigenvalue weighted by atomic mass is 35.5. The Kier molecular flexibility index (Phi) is 6.15. The molecule has 0 saturated carbocycles. The Hall–Kier alpha value is -1.70. The van der Waals surface area contributed by atoms with Gasteiger partial charge in [0, 0.05) is 32.6 Å². The summed E-state index contributed by atoms with van der Waals surface area (Å²) in [7, 11) is 0. The number of hydrogen-bond donors (Lipinski definition) is 1. The van der Waals surface area contributed by atoms with Crippen molar-refractivity contribution in [1.82, 2.24) is 4.90 Å². The number of benzene rings is 1. The second-order valence-electron chi connectivity index (χ2n) is 5.92. The van der Waals surface area contributed by atoms with Gasteiger partial charge in [-0.25, -0.2) is 4.39 Å². The number of carbonyl (C=O) groups is 2. The van der Waals surface area contributed by atoms with Crippen LogP contribution in [0, 0.1) is 11.7 Å². The molecule has 6 nitrogen and oxygen atoms in total. The molecule has 2 aliphatic heterocycles. The summed E-state index contributed by atoms with van der Waals surface area (Å²) in [5.74, 6) is -2.63. The second-order valence-corrected chi connectivity index (χ2v) is 5.92. The number of ether oxygens (including phenoxy) is 1. The summed E-state index contributed by atoms with van der Waals surface area (Å²) < 4.78 is 19.7. The van der Waals surface area contributed by atoms with E-state index >= 15 is 0 Å². The number of carbonyl (C=O) groups excluding carboxylic acids is 1. The van der Waals surface area contributed by atoms with Gasteiger partial charge in [0.05, 0.1) is 24.8 Å². The summed E-state index contributed by atoms with van der Waals surface area (Å²) in [5.41, 5.74) is 0.985. The maximum Gasteiger partial charge on any atom is 0.308 e. The Morgan fingerprint density at radius 2 is 2.04 bits per heavy atom.